The molecule has 0 aliphatic rings. The first-order valence-electron chi connectivity index (χ1n) is 6.97. The first-order chi connectivity index (χ1) is 11.0. The SMILES string of the molecule is CN=C(NCc1nccn1C(F)F)N(C)Cc1cccc(Cl)c1.I. The second-order valence-corrected chi connectivity index (χ2v) is 5.35. The molecule has 5 nitrogen and oxygen atoms in total. The zero-order chi connectivity index (χ0) is 16.8. The first-order valence-corrected chi connectivity index (χ1v) is 7.35. The van der Waals surface area contributed by atoms with E-state index >= 15 is 0 Å². The topological polar surface area (TPSA) is 45.5 Å². The van der Waals surface area contributed by atoms with Crippen LogP contribution in [-0.2, 0) is 13.1 Å². The summed E-state index contributed by atoms with van der Waals surface area (Å²) in [5.74, 6) is 0.825. The van der Waals surface area contributed by atoms with Gasteiger partial charge in [-0.25, -0.2) is 4.98 Å². The highest BCUT2D eigenvalue weighted by Crippen LogP contribution is 2.13. The van der Waals surface area contributed by atoms with E-state index in [0.29, 0.717) is 17.5 Å². The fraction of sp³-hybridized carbons (Fsp3) is 0.333. The number of imidazole rings is 1. The van der Waals surface area contributed by atoms with E-state index in [1.165, 1.54) is 12.4 Å². The molecule has 0 atom stereocenters. The smallest absolute Gasteiger partial charge is 0.319 e. The monoisotopic (exact) mass is 469 g/mol. The Balaban J connectivity index is 0.00000288. The minimum absolute atomic E-state index is 0. The van der Waals surface area contributed by atoms with E-state index in [2.05, 4.69) is 15.3 Å². The largest absolute Gasteiger partial charge is 0.349 e. The Bertz CT molecular complexity index is 677. The van der Waals surface area contributed by atoms with Crippen LogP contribution >= 0.6 is 35.6 Å². The van der Waals surface area contributed by atoms with Crippen molar-refractivity contribution >= 4 is 41.5 Å². The van der Waals surface area contributed by atoms with Crippen molar-refractivity contribution in [1.82, 2.24) is 19.8 Å². The predicted molar refractivity (Wildman–Crippen MR) is 102 cm³/mol. The predicted octanol–water partition coefficient (Wildman–Crippen LogP) is 3.76. The van der Waals surface area contributed by atoms with Gasteiger partial charge in [0, 0.05) is 38.1 Å². The number of nitrogens with zero attached hydrogens (tertiary/aromatic N) is 4. The van der Waals surface area contributed by atoms with Crippen molar-refractivity contribution in [3.05, 3.63) is 53.1 Å². The van der Waals surface area contributed by atoms with Crippen LogP contribution < -0.4 is 5.32 Å². The Morgan fingerprint density at radius 3 is 2.83 bits per heavy atom. The van der Waals surface area contributed by atoms with E-state index in [4.69, 9.17) is 11.6 Å². The second kappa shape index (κ2) is 9.77. The number of guanidine groups is 1. The van der Waals surface area contributed by atoms with Gasteiger partial charge in [0.1, 0.15) is 5.82 Å². The van der Waals surface area contributed by atoms with Gasteiger partial charge in [-0.1, -0.05) is 23.7 Å². The third-order valence-corrected chi connectivity index (χ3v) is 3.48. The van der Waals surface area contributed by atoms with Gasteiger partial charge >= 0.3 is 6.55 Å². The molecular formula is C15H19ClF2IN5. The Kier molecular flexibility index (Phi) is 8.40. The second-order valence-electron chi connectivity index (χ2n) is 4.92. The number of aromatic nitrogens is 2. The van der Waals surface area contributed by atoms with Crippen LogP contribution in [0.4, 0.5) is 8.78 Å². The molecule has 2 aromatic rings. The molecule has 0 fully saturated rings. The van der Waals surface area contributed by atoms with Gasteiger partial charge in [-0.05, 0) is 17.7 Å². The van der Waals surface area contributed by atoms with E-state index in [1.807, 2.05) is 36.2 Å². The van der Waals surface area contributed by atoms with Gasteiger partial charge in [-0.15, -0.1) is 24.0 Å². The molecule has 1 N–H and O–H groups in total. The van der Waals surface area contributed by atoms with Gasteiger partial charge in [0.05, 0.1) is 6.54 Å². The lowest BCUT2D eigenvalue weighted by Gasteiger charge is -2.22. The molecule has 9 heteroatoms. The number of alkyl halides is 2. The van der Waals surface area contributed by atoms with Gasteiger partial charge in [0.25, 0.3) is 0 Å². The normalized spacial score (nSPS) is 11.3. The molecular weight excluding hydrogens is 451 g/mol. The molecule has 0 saturated heterocycles. The molecule has 0 unspecified atom stereocenters. The van der Waals surface area contributed by atoms with Crippen LogP contribution in [0, 0.1) is 0 Å². The fourth-order valence-corrected chi connectivity index (χ4v) is 2.40. The van der Waals surface area contributed by atoms with Crippen LogP contribution in [0.25, 0.3) is 0 Å². The lowest BCUT2D eigenvalue weighted by molar-refractivity contribution is 0.0668. The summed E-state index contributed by atoms with van der Waals surface area (Å²) in [6.07, 6.45) is 2.60. The average Bonchev–Trinajstić information content (AvgIpc) is 2.96. The molecule has 2 rings (SSSR count). The Labute approximate surface area is 161 Å². The molecule has 0 radical (unpaired) electrons. The van der Waals surface area contributed by atoms with Gasteiger partial charge < -0.3 is 10.2 Å². The highest BCUT2D eigenvalue weighted by molar-refractivity contribution is 14.0. The molecule has 0 aliphatic heterocycles. The number of nitrogens with one attached hydrogen (secondary N) is 1. The highest BCUT2D eigenvalue weighted by atomic mass is 127. The number of benzene rings is 1. The lowest BCUT2D eigenvalue weighted by Crippen LogP contribution is -2.38. The standard InChI is InChI=1S/C15H18ClF2N5.HI/c1-19-15(21-9-13-20-6-7-23(13)14(17)18)22(2)10-11-4-3-5-12(16)8-11;/h3-8,14H,9-10H2,1-2H3,(H,19,21);1H. The van der Waals surface area contributed by atoms with Crippen LogP contribution in [0.5, 0.6) is 0 Å². The Morgan fingerprint density at radius 2 is 2.21 bits per heavy atom. The zero-order valence-corrected chi connectivity index (χ0v) is 16.4. The van der Waals surface area contributed by atoms with Crippen LogP contribution in [-0.4, -0.2) is 34.5 Å². The first kappa shape index (κ1) is 20.6. The molecule has 0 spiro atoms. The quantitative estimate of drug-likeness (QED) is 0.412. The van der Waals surface area contributed by atoms with E-state index in [-0.39, 0.29) is 36.3 Å². The summed E-state index contributed by atoms with van der Waals surface area (Å²) in [4.78, 5) is 9.96. The maximum atomic E-state index is 12.8. The Morgan fingerprint density at radius 1 is 1.46 bits per heavy atom. The molecule has 0 amide bonds. The van der Waals surface area contributed by atoms with Crippen LogP contribution in [0.1, 0.15) is 17.9 Å². The van der Waals surface area contributed by atoms with E-state index < -0.39 is 6.55 Å². The van der Waals surface area contributed by atoms with Crippen molar-refractivity contribution < 1.29 is 8.78 Å². The lowest BCUT2D eigenvalue weighted by atomic mass is 10.2. The zero-order valence-electron chi connectivity index (χ0n) is 13.3. The number of rotatable bonds is 5. The summed E-state index contributed by atoms with van der Waals surface area (Å²) in [7, 11) is 3.49. The summed E-state index contributed by atoms with van der Waals surface area (Å²) in [5.41, 5.74) is 1.03. The maximum Gasteiger partial charge on any atom is 0.319 e. The molecule has 0 saturated carbocycles. The van der Waals surface area contributed by atoms with Gasteiger partial charge in [-0.2, -0.15) is 8.78 Å². The summed E-state index contributed by atoms with van der Waals surface area (Å²) < 4.78 is 26.4. The molecule has 1 aromatic carbocycles. The molecule has 1 heterocycles. The molecule has 24 heavy (non-hydrogen) atoms. The van der Waals surface area contributed by atoms with Crippen molar-refractivity contribution in [3.8, 4) is 0 Å². The van der Waals surface area contributed by atoms with Crippen LogP contribution in [0.15, 0.2) is 41.7 Å². The number of halogens is 4. The van der Waals surface area contributed by atoms with Gasteiger partial charge in [0.15, 0.2) is 5.96 Å². The summed E-state index contributed by atoms with van der Waals surface area (Å²) in [6, 6.07) is 7.51. The number of aliphatic imine (C=N–C) groups is 1. The molecule has 132 valence electrons. The summed E-state index contributed by atoms with van der Waals surface area (Å²) >= 11 is 5.97. The summed E-state index contributed by atoms with van der Waals surface area (Å²) in [5, 5.41) is 3.69. The van der Waals surface area contributed by atoms with Crippen LogP contribution in [0.2, 0.25) is 5.02 Å². The van der Waals surface area contributed by atoms with Crippen molar-refractivity contribution in [2.75, 3.05) is 14.1 Å². The van der Waals surface area contributed by atoms with E-state index in [1.54, 1.807) is 7.05 Å². The third kappa shape index (κ3) is 5.59. The minimum Gasteiger partial charge on any atom is -0.349 e. The molecule has 0 bridgehead atoms. The fourth-order valence-electron chi connectivity index (χ4n) is 2.19. The maximum absolute atomic E-state index is 12.8. The minimum atomic E-state index is -2.61. The molecule has 1 aromatic heterocycles. The molecule has 0 aliphatic carbocycles. The van der Waals surface area contributed by atoms with E-state index in [9.17, 15) is 8.78 Å². The Hall–Kier alpha value is -1.42. The van der Waals surface area contributed by atoms with Crippen molar-refractivity contribution in [2.24, 2.45) is 4.99 Å². The van der Waals surface area contributed by atoms with Crippen molar-refractivity contribution in [2.45, 2.75) is 19.6 Å². The van der Waals surface area contributed by atoms with Gasteiger partial charge in [-0.3, -0.25) is 9.56 Å². The number of hydrogen-bond acceptors (Lipinski definition) is 2. The van der Waals surface area contributed by atoms with Crippen LogP contribution in [0.3, 0.4) is 0 Å². The van der Waals surface area contributed by atoms with E-state index in [0.717, 1.165) is 10.1 Å². The highest BCUT2D eigenvalue weighted by Gasteiger charge is 2.13. The van der Waals surface area contributed by atoms with Crippen molar-refractivity contribution in [3.63, 3.8) is 0 Å². The van der Waals surface area contributed by atoms with Crippen molar-refractivity contribution in [1.29, 1.82) is 0 Å². The third-order valence-electron chi connectivity index (χ3n) is 3.25. The number of hydrogen-bond donors (Lipinski definition) is 1. The average molecular weight is 470 g/mol. The van der Waals surface area contributed by atoms with Gasteiger partial charge in [0.2, 0.25) is 0 Å². The summed E-state index contributed by atoms with van der Waals surface area (Å²) in [6.45, 7) is -1.87.